The highest BCUT2D eigenvalue weighted by molar-refractivity contribution is 5.71. The minimum atomic E-state index is -1.52. The molecule has 0 aromatic heterocycles. The smallest absolute Gasteiger partial charge is 0.361 e. The average Bonchev–Trinajstić information content (AvgIpc) is 1.97. The minimum absolute atomic E-state index is 0.181. The van der Waals surface area contributed by atoms with E-state index in [9.17, 15) is 19.5 Å². The number of rotatable bonds is 80. The molecular formula is C96H164NO8+. The van der Waals surface area contributed by atoms with Crippen LogP contribution >= 0.6 is 0 Å². The third-order valence-corrected chi connectivity index (χ3v) is 18.8. The molecule has 0 radical (unpaired) electrons. The number of hydrogen-bond donors (Lipinski definition) is 1. The van der Waals surface area contributed by atoms with Crippen LogP contribution in [0.4, 0.5) is 0 Å². The highest BCUT2D eigenvalue weighted by Gasteiger charge is 2.25. The Hall–Kier alpha value is -5.09. The molecule has 0 heterocycles. The second kappa shape index (κ2) is 84.5. The number of carbonyl (C=O) groups excluding carboxylic acids is 2. The summed E-state index contributed by atoms with van der Waals surface area (Å²) in [6, 6.07) is 0. The lowest BCUT2D eigenvalue weighted by Crippen LogP contribution is -2.40. The topological polar surface area (TPSA) is 108 Å². The number of hydrogen-bond acceptors (Lipinski definition) is 7. The van der Waals surface area contributed by atoms with Crippen molar-refractivity contribution in [1.82, 2.24) is 0 Å². The van der Waals surface area contributed by atoms with Crippen molar-refractivity contribution in [3.63, 3.8) is 0 Å². The van der Waals surface area contributed by atoms with Crippen LogP contribution in [0.25, 0.3) is 0 Å². The third-order valence-electron chi connectivity index (χ3n) is 18.8. The van der Waals surface area contributed by atoms with Crippen LogP contribution in [0.2, 0.25) is 0 Å². The number of carboxylic acid groups (broad SMARTS) is 1. The van der Waals surface area contributed by atoms with Crippen LogP contribution in [0.5, 0.6) is 0 Å². The second-order valence-corrected chi connectivity index (χ2v) is 30.1. The van der Waals surface area contributed by atoms with Crippen LogP contribution in [-0.2, 0) is 33.3 Å². The zero-order valence-corrected chi connectivity index (χ0v) is 68.8. The van der Waals surface area contributed by atoms with Gasteiger partial charge in [-0.1, -0.05) is 390 Å². The number of aliphatic carboxylic acids is 1. The molecule has 0 saturated carbocycles. The second-order valence-electron chi connectivity index (χ2n) is 30.1. The van der Waals surface area contributed by atoms with Crippen LogP contribution in [0.1, 0.15) is 373 Å². The zero-order valence-electron chi connectivity index (χ0n) is 68.8. The van der Waals surface area contributed by atoms with Crippen molar-refractivity contribution in [2.24, 2.45) is 0 Å². The van der Waals surface area contributed by atoms with Crippen molar-refractivity contribution >= 4 is 17.9 Å². The number of ether oxygens (including phenoxy) is 4. The summed E-state index contributed by atoms with van der Waals surface area (Å²) >= 11 is 0. The van der Waals surface area contributed by atoms with Gasteiger partial charge in [0.2, 0.25) is 0 Å². The van der Waals surface area contributed by atoms with Crippen molar-refractivity contribution in [2.45, 2.75) is 386 Å². The minimum Gasteiger partial charge on any atom is -0.477 e. The Balaban J connectivity index is 4.03. The van der Waals surface area contributed by atoms with E-state index in [1.54, 1.807) is 0 Å². The molecule has 2 atom stereocenters. The standard InChI is InChI=1S/C96H163NO8/c1-6-8-10-12-14-16-18-20-22-24-26-28-30-32-34-36-38-40-42-44-46-47-49-50-52-54-56-58-60-62-64-66-68-70-72-74-76-78-80-82-84-86-93(98)103-90-92(91-104-96(95(100)101)102-89-88-97(3,4)5)105-94(99)87-85-83-81-79-77-75-73-71-69-67-65-63-61-59-57-55-53-51-48-45-43-41-39-37-35-33-31-29-27-25-23-21-19-17-15-13-11-9-7-2/h9,11,15,17-18,20-21,23-24,26-27,29-30,32-33,35,39,41,45,48,53,55,59,61,65,67,92,96H,6-8,10,12-14,16,19,22,25,28,31,34,36-38,40,42-44,46-47,49-52,54,56-58,60,62-64,66,68-91H2,1-5H3/p+1/b11-9-,17-15-,20-18-,23-21-,26-24-,29-27-,32-30-,35-33-,41-39-,48-45-,55-53-,61-59-,67-65-. The summed E-state index contributed by atoms with van der Waals surface area (Å²) < 4.78 is 23.1. The monoisotopic (exact) mass is 1460 g/mol. The summed E-state index contributed by atoms with van der Waals surface area (Å²) in [5.41, 5.74) is 0. The van der Waals surface area contributed by atoms with E-state index in [2.05, 4.69) is 172 Å². The number of quaternary nitrogens is 1. The molecule has 0 aromatic carbocycles. The Morgan fingerprint density at radius 1 is 0.295 bits per heavy atom. The fourth-order valence-corrected chi connectivity index (χ4v) is 12.2. The molecule has 0 spiro atoms. The van der Waals surface area contributed by atoms with E-state index in [0.29, 0.717) is 23.9 Å². The van der Waals surface area contributed by atoms with Gasteiger partial charge in [0.05, 0.1) is 34.4 Å². The lowest BCUT2D eigenvalue weighted by molar-refractivity contribution is -0.870. The van der Waals surface area contributed by atoms with Crippen molar-refractivity contribution in [1.29, 1.82) is 0 Å². The molecule has 0 aliphatic heterocycles. The van der Waals surface area contributed by atoms with E-state index < -0.39 is 24.3 Å². The van der Waals surface area contributed by atoms with E-state index in [4.69, 9.17) is 18.9 Å². The van der Waals surface area contributed by atoms with E-state index in [-0.39, 0.29) is 32.2 Å². The van der Waals surface area contributed by atoms with Gasteiger partial charge in [0.25, 0.3) is 6.29 Å². The molecule has 0 rings (SSSR count). The predicted molar refractivity (Wildman–Crippen MR) is 456 cm³/mol. The highest BCUT2D eigenvalue weighted by Crippen LogP contribution is 2.19. The van der Waals surface area contributed by atoms with Crippen LogP contribution in [-0.4, -0.2) is 87.4 Å². The molecule has 0 aliphatic carbocycles. The lowest BCUT2D eigenvalue weighted by Gasteiger charge is -2.25. The first kappa shape index (κ1) is 99.9. The molecule has 1 N–H and O–H groups in total. The molecule has 0 bridgehead atoms. The lowest BCUT2D eigenvalue weighted by atomic mass is 10.0. The van der Waals surface area contributed by atoms with Gasteiger partial charge in [-0.2, -0.15) is 0 Å². The van der Waals surface area contributed by atoms with Gasteiger partial charge < -0.3 is 28.5 Å². The van der Waals surface area contributed by atoms with Crippen molar-refractivity contribution in [3.8, 4) is 0 Å². The van der Waals surface area contributed by atoms with E-state index in [0.717, 1.165) is 122 Å². The van der Waals surface area contributed by atoms with E-state index >= 15 is 0 Å². The molecule has 9 nitrogen and oxygen atoms in total. The normalized spacial score (nSPS) is 13.4. The van der Waals surface area contributed by atoms with E-state index in [1.807, 2.05) is 21.1 Å². The summed E-state index contributed by atoms with van der Waals surface area (Å²) in [6.45, 7) is 4.77. The Morgan fingerprint density at radius 2 is 0.543 bits per heavy atom. The van der Waals surface area contributed by atoms with Crippen molar-refractivity contribution in [3.05, 3.63) is 158 Å². The number of carbonyl (C=O) groups is 3. The first-order chi connectivity index (χ1) is 51.6. The zero-order chi connectivity index (χ0) is 76.0. The molecule has 0 amide bonds. The fraction of sp³-hybridized carbons (Fsp3) is 0.698. The van der Waals surface area contributed by atoms with Gasteiger partial charge in [0, 0.05) is 12.8 Å². The highest BCUT2D eigenvalue weighted by atomic mass is 16.7. The molecule has 0 aliphatic rings. The van der Waals surface area contributed by atoms with Crippen molar-refractivity contribution in [2.75, 3.05) is 47.5 Å². The number of unbranched alkanes of at least 4 members (excludes halogenated alkanes) is 39. The molecule has 105 heavy (non-hydrogen) atoms. The van der Waals surface area contributed by atoms with Crippen LogP contribution < -0.4 is 0 Å². The van der Waals surface area contributed by atoms with Gasteiger partial charge in [-0.15, -0.1) is 0 Å². The Morgan fingerprint density at radius 3 is 0.810 bits per heavy atom. The first-order valence-electron chi connectivity index (χ1n) is 43.6. The maximum absolute atomic E-state index is 13.0. The number of likely N-dealkylation sites (N-methyl/N-ethyl adjacent to an activating group) is 1. The Kier molecular flexibility index (Phi) is 80.4. The molecule has 9 heteroatoms. The SMILES string of the molecule is CC/C=C\C/C=C\C/C=C\C/C=C\C/C=C\C/C=C\C/C=C\C/C=C\C/C=C\C/C=C\CCCCCCCCCCC(=O)OC(COC(=O)CCCCCCCCCCCCCCCCCCCCCCCCCCCC/C=C\C/C=C\C/C=C\CCCCCCC)COC(OCC[N+](C)(C)C)C(=O)O. The fourth-order valence-electron chi connectivity index (χ4n) is 12.2. The number of esters is 2. The predicted octanol–water partition coefficient (Wildman–Crippen LogP) is 28.7. The Bertz CT molecular complexity index is 2300. The first-order valence-corrected chi connectivity index (χ1v) is 43.6. The average molecular weight is 1460 g/mol. The van der Waals surface area contributed by atoms with Gasteiger partial charge in [0.15, 0.2) is 6.10 Å². The summed E-state index contributed by atoms with van der Waals surface area (Å²) in [5.74, 6) is -2.01. The van der Waals surface area contributed by atoms with Crippen LogP contribution in [0.3, 0.4) is 0 Å². The van der Waals surface area contributed by atoms with Crippen molar-refractivity contribution < 1.29 is 42.9 Å². The number of carboxylic acids is 1. The van der Waals surface area contributed by atoms with Gasteiger partial charge in [0.1, 0.15) is 13.2 Å². The largest absolute Gasteiger partial charge is 0.477 e. The maximum atomic E-state index is 13.0. The number of nitrogens with zero attached hydrogens (tertiary/aromatic N) is 1. The summed E-state index contributed by atoms with van der Waals surface area (Å²) in [4.78, 5) is 37.8. The number of allylic oxidation sites excluding steroid dienone is 26. The van der Waals surface area contributed by atoms with Gasteiger partial charge in [-0.25, -0.2) is 4.79 Å². The Labute approximate surface area is 648 Å². The molecule has 0 fully saturated rings. The summed E-state index contributed by atoms with van der Waals surface area (Å²) in [5, 5.41) is 9.79. The summed E-state index contributed by atoms with van der Waals surface area (Å²) in [6.07, 6.45) is 123. The molecule has 0 saturated heterocycles. The molecule has 0 aromatic rings. The van der Waals surface area contributed by atoms with Gasteiger partial charge in [-0.3, -0.25) is 9.59 Å². The molecule has 600 valence electrons. The van der Waals surface area contributed by atoms with Crippen LogP contribution in [0.15, 0.2) is 158 Å². The molecule has 2 unspecified atom stereocenters. The van der Waals surface area contributed by atoms with Crippen LogP contribution in [0, 0.1) is 0 Å². The quantitative estimate of drug-likeness (QED) is 0.0211. The van der Waals surface area contributed by atoms with E-state index in [1.165, 1.54) is 218 Å². The van der Waals surface area contributed by atoms with Gasteiger partial charge >= 0.3 is 17.9 Å². The maximum Gasteiger partial charge on any atom is 0.361 e. The van der Waals surface area contributed by atoms with Gasteiger partial charge in [-0.05, 0) is 128 Å². The molecular weight excluding hydrogens is 1300 g/mol. The third kappa shape index (κ3) is 86.0. The summed E-state index contributed by atoms with van der Waals surface area (Å²) in [7, 11) is 5.98.